The van der Waals surface area contributed by atoms with E-state index >= 15 is 0 Å². The molecule has 0 bridgehead atoms. The molecule has 0 spiro atoms. The maximum absolute atomic E-state index is 6.14. The largest absolute Gasteiger partial charge is 0.490 e. The number of hydrogen-bond donors (Lipinski definition) is 0. The summed E-state index contributed by atoms with van der Waals surface area (Å²) in [5, 5.41) is 0. The third-order valence-electron chi connectivity index (χ3n) is 5.79. The van der Waals surface area contributed by atoms with E-state index < -0.39 is 0 Å². The zero-order valence-electron chi connectivity index (χ0n) is 20.4. The molecule has 8 heteroatoms. The number of benzene rings is 4. The van der Waals surface area contributed by atoms with Gasteiger partial charge in [-0.15, -0.1) is 22.7 Å². The van der Waals surface area contributed by atoms with Crippen molar-refractivity contribution >= 4 is 66.6 Å². The molecule has 190 valence electrons. The van der Waals surface area contributed by atoms with E-state index in [4.69, 9.17) is 19.4 Å². The minimum absolute atomic E-state index is 0.474. The molecule has 0 saturated heterocycles. The predicted molar refractivity (Wildman–Crippen MR) is 162 cm³/mol. The Labute approximate surface area is 238 Å². The molecule has 4 aromatic carbocycles. The van der Waals surface area contributed by atoms with E-state index in [1.807, 2.05) is 36.4 Å². The molecule has 0 aliphatic rings. The summed E-state index contributed by atoms with van der Waals surface area (Å²) in [6.07, 6.45) is 0. The van der Waals surface area contributed by atoms with Gasteiger partial charge in [-0.3, -0.25) is 0 Å². The molecule has 0 atom stereocenters. The molecule has 0 aliphatic heterocycles. The van der Waals surface area contributed by atoms with Crippen LogP contribution in [0, 0.1) is 0 Å². The maximum atomic E-state index is 6.14. The summed E-state index contributed by atoms with van der Waals surface area (Å²) in [7, 11) is 0. The van der Waals surface area contributed by atoms with Crippen LogP contribution in [-0.4, -0.2) is 23.2 Å². The van der Waals surface area contributed by atoms with Gasteiger partial charge in [0.2, 0.25) is 0 Å². The number of thioether (sulfide) groups is 2. The summed E-state index contributed by atoms with van der Waals surface area (Å²) < 4.78 is 16.9. The molecule has 0 N–H and O–H groups in total. The lowest BCUT2D eigenvalue weighted by Crippen LogP contribution is -2.10. The van der Waals surface area contributed by atoms with Gasteiger partial charge in [-0.25, -0.2) is 9.97 Å². The van der Waals surface area contributed by atoms with Gasteiger partial charge < -0.3 is 9.47 Å². The fraction of sp³-hybridized carbons (Fsp3) is 0.133. The molecule has 6 aromatic rings. The molecule has 0 unspecified atom stereocenters. The molecule has 4 nitrogen and oxygen atoms in total. The van der Waals surface area contributed by atoms with Gasteiger partial charge in [-0.1, -0.05) is 84.2 Å². The summed E-state index contributed by atoms with van der Waals surface area (Å²) in [5.41, 5.74) is 4.43. The Morgan fingerprint density at radius 3 is 1.42 bits per heavy atom. The van der Waals surface area contributed by atoms with Crippen LogP contribution >= 0.6 is 46.2 Å². The predicted octanol–water partition coefficient (Wildman–Crippen LogP) is 8.95. The van der Waals surface area contributed by atoms with Gasteiger partial charge >= 0.3 is 0 Å². The number of nitrogens with zero attached hydrogens (tertiary/aromatic N) is 2. The van der Waals surface area contributed by atoms with Crippen molar-refractivity contribution in [1.29, 1.82) is 0 Å². The molecular formula is C30H24N2O2S4. The standard InChI is InChI=1S/C30H24N2O2S4/c1-5-13-25(21(9-1)19-35-29-31-23-11-3-7-15-27(23)37-29)33-17-18-34-26-14-6-2-10-22(26)20-36-30-32-24-12-4-8-16-28(24)38-30/h1-16H,17-20H2. The highest BCUT2D eigenvalue weighted by Crippen LogP contribution is 2.35. The van der Waals surface area contributed by atoms with E-state index in [1.54, 1.807) is 46.2 Å². The molecule has 0 fully saturated rings. The van der Waals surface area contributed by atoms with E-state index in [-0.39, 0.29) is 0 Å². The smallest absolute Gasteiger partial charge is 0.151 e. The van der Waals surface area contributed by atoms with Crippen LogP contribution in [0.3, 0.4) is 0 Å². The van der Waals surface area contributed by atoms with Crippen molar-refractivity contribution in [1.82, 2.24) is 9.97 Å². The number of hydrogen-bond acceptors (Lipinski definition) is 8. The van der Waals surface area contributed by atoms with Crippen LogP contribution in [0.15, 0.2) is 106 Å². The number of fused-ring (bicyclic) bond motifs is 2. The van der Waals surface area contributed by atoms with E-state index in [9.17, 15) is 0 Å². The van der Waals surface area contributed by atoms with Crippen LogP contribution in [0.5, 0.6) is 11.5 Å². The van der Waals surface area contributed by atoms with Crippen LogP contribution in [0.2, 0.25) is 0 Å². The van der Waals surface area contributed by atoms with Crippen molar-refractivity contribution < 1.29 is 9.47 Å². The Morgan fingerprint density at radius 2 is 0.947 bits per heavy atom. The number of para-hydroxylation sites is 4. The van der Waals surface area contributed by atoms with Gasteiger partial charge in [0.05, 0.1) is 20.4 Å². The summed E-state index contributed by atoms with van der Waals surface area (Å²) in [6.45, 7) is 0.949. The van der Waals surface area contributed by atoms with Gasteiger partial charge in [0.1, 0.15) is 24.7 Å². The van der Waals surface area contributed by atoms with Crippen LogP contribution < -0.4 is 9.47 Å². The zero-order chi connectivity index (χ0) is 25.6. The Morgan fingerprint density at radius 1 is 0.526 bits per heavy atom. The average Bonchev–Trinajstić information content (AvgIpc) is 3.57. The summed E-state index contributed by atoms with van der Waals surface area (Å²) in [6, 6.07) is 32.9. The van der Waals surface area contributed by atoms with Gasteiger partial charge in [-0.05, 0) is 36.4 Å². The second-order valence-electron chi connectivity index (χ2n) is 8.38. The molecule has 0 amide bonds. The van der Waals surface area contributed by atoms with Gasteiger partial charge in [-0.2, -0.15) is 0 Å². The molecule has 6 rings (SSSR count). The van der Waals surface area contributed by atoms with Gasteiger partial charge in [0.25, 0.3) is 0 Å². The molecule has 2 heterocycles. The van der Waals surface area contributed by atoms with Crippen molar-refractivity contribution in [3.63, 3.8) is 0 Å². The van der Waals surface area contributed by atoms with Crippen LogP contribution in [0.4, 0.5) is 0 Å². The van der Waals surface area contributed by atoms with Crippen LogP contribution in [0.25, 0.3) is 20.4 Å². The fourth-order valence-electron chi connectivity index (χ4n) is 3.94. The molecule has 0 saturated carbocycles. The second-order valence-corrected chi connectivity index (χ2v) is 12.9. The van der Waals surface area contributed by atoms with Crippen molar-refractivity contribution in [2.75, 3.05) is 13.2 Å². The number of ether oxygens (including phenoxy) is 2. The number of aromatic nitrogens is 2. The quantitative estimate of drug-likeness (QED) is 0.114. The first-order chi connectivity index (χ1) is 18.8. The molecule has 0 radical (unpaired) electrons. The topological polar surface area (TPSA) is 44.2 Å². The Hall–Kier alpha value is -3.04. The van der Waals surface area contributed by atoms with Crippen molar-refractivity contribution in [3.05, 3.63) is 108 Å². The SMILES string of the molecule is c1ccc(OCCOc2ccccc2CSc2nc3ccccc3s2)c(CSc2nc3ccccc3s2)c1. The van der Waals surface area contributed by atoms with Gasteiger partial charge in [0.15, 0.2) is 8.68 Å². The second kappa shape index (κ2) is 12.2. The highest BCUT2D eigenvalue weighted by molar-refractivity contribution is 8.00. The van der Waals surface area contributed by atoms with Crippen molar-refractivity contribution in [2.45, 2.75) is 20.2 Å². The van der Waals surface area contributed by atoms with E-state index in [0.717, 1.165) is 53.8 Å². The van der Waals surface area contributed by atoms with Crippen LogP contribution in [0.1, 0.15) is 11.1 Å². The third kappa shape index (κ3) is 6.15. The lowest BCUT2D eigenvalue weighted by molar-refractivity contribution is 0.215. The first-order valence-corrected chi connectivity index (χ1v) is 15.8. The highest BCUT2D eigenvalue weighted by Gasteiger charge is 2.10. The first-order valence-electron chi connectivity index (χ1n) is 12.2. The molecule has 38 heavy (non-hydrogen) atoms. The summed E-state index contributed by atoms with van der Waals surface area (Å²) in [4.78, 5) is 9.47. The highest BCUT2D eigenvalue weighted by atomic mass is 32.2. The molecular weight excluding hydrogens is 549 g/mol. The summed E-state index contributed by atoms with van der Waals surface area (Å²) >= 11 is 6.96. The zero-order valence-corrected chi connectivity index (χ0v) is 23.7. The molecule has 0 aliphatic carbocycles. The average molecular weight is 573 g/mol. The number of thiazole rings is 2. The van der Waals surface area contributed by atoms with E-state index in [2.05, 4.69) is 60.7 Å². The van der Waals surface area contributed by atoms with Crippen molar-refractivity contribution in [3.8, 4) is 11.5 Å². The Bertz CT molecular complexity index is 1470. The van der Waals surface area contributed by atoms with Gasteiger partial charge in [0, 0.05) is 22.6 Å². The molecule has 2 aromatic heterocycles. The Balaban J connectivity index is 1.02. The fourth-order valence-corrected chi connectivity index (χ4v) is 8.05. The minimum Gasteiger partial charge on any atom is -0.490 e. The number of rotatable bonds is 11. The third-order valence-corrected chi connectivity index (χ3v) is 10.3. The monoisotopic (exact) mass is 572 g/mol. The van der Waals surface area contributed by atoms with E-state index in [0.29, 0.717) is 13.2 Å². The first kappa shape index (κ1) is 25.2. The summed E-state index contributed by atoms with van der Waals surface area (Å²) in [5.74, 6) is 3.40. The van der Waals surface area contributed by atoms with Crippen molar-refractivity contribution in [2.24, 2.45) is 0 Å². The minimum atomic E-state index is 0.474. The van der Waals surface area contributed by atoms with Crippen LogP contribution in [-0.2, 0) is 11.5 Å². The maximum Gasteiger partial charge on any atom is 0.151 e. The normalized spacial score (nSPS) is 11.3. The Kier molecular flexibility index (Phi) is 8.12. The lowest BCUT2D eigenvalue weighted by Gasteiger charge is -2.13. The lowest BCUT2D eigenvalue weighted by atomic mass is 10.2. The van der Waals surface area contributed by atoms with E-state index in [1.165, 1.54) is 9.40 Å².